The van der Waals surface area contributed by atoms with Crippen LogP contribution < -0.4 is 4.90 Å². The summed E-state index contributed by atoms with van der Waals surface area (Å²) in [6.45, 7) is 1.54. The van der Waals surface area contributed by atoms with Crippen LogP contribution in [0.5, 0.6) is 0 Å². The van der Waals surface area contributed by atoms with E-state index in [1.165, 1.54) is 29.2 Å². The second kappa shape index (κ2) is 8.78. The fourth-order valence-electron chi connectivity index (χ4n) is 4.12. The number of anilines is 1. The highest BCUT2D eigenvalue weighted by atomic mass is 32.2. The third-order valence-corrected chi connectivity index (χ3v) is 7.54. The first-order chi connectivity index (χ1) is 15.7. The van der Waals surface area contributed by atoms with Crippen LogP contribution in [-0.2, 0) is 19.4 Å². The van der Waals surface area contributed by atoms with Crippen LogP contribution >= 0.6 is 0 Å². The molecule has 9 nitrogen and oxygen atoms in total. The van der Waals surface area contributed by atoms with Crippen molar-refractivity contribution < 1.29 is 32.3 Å². The molecule has 2 aromatic carbocycles. The van der Waals surface area contributed by atoms with E-state index in [1.807, 2.05) is 0 Å². The van der Waals surface area contributed by atoms with Gasteiger partial charge in [0.2, 0.25) is 0 Å². The summed E-state index contributed by atoms with van der Waals surface area (Å²) < 4.78 is 28.5. The normalized spacial score (nSPS) is 18.8. The van der Waals surface area contributed by atoms with Crippen molar-refractivity contribution in [3.05, 3.63) is 65.2 Å². The monoisotopic (exact) mass is 470 g/mol. The summed E-state index contributed by atoms with van der Waals surface area (Å²) in [6, 6.07) is 11.9. The number of hydrogen-bond donors (Lipinski definition) is 0. The Morgan fingerprint density at radius 1 is 1.03 bits per heavy atom. The maximum atomic E-state index is 12.6. The average Bonchev–Trinajstić information content (AvgIpc) is 3.29. The van der Waals surface area contributed by atoms with Crippen LogP contribution in [0.3, 0.4) is 0 Å². The van der Waals surface area contributed by atoms with Gasteiger partial charge in [-0.1, -0.05) is 12.1 Å². The number of benzene rings is 2. The minimum Gasteiger partial charge on any atom is -0.452 e. The summed E-state index contributed by atoms with van der Waals surface area (Å²) in [5, 5.41) is 0. The lowest BCUT2D eigenvalue weighted by Crippen LogP contribution is -2.43. The second-order valence-electron chi connectivity index (χ2n) is 7.85. The molecule has 2 aromatic rings. The number of sulfone groups is 1. The predicted octanol–water partition coefficient (Wildman–Crippen LogP) is 1.68. The minimum absolute atomic E-state index is 0.0423. The van der Waals surface area contributed by atoms with Crippen molar-refractivity contribution in [2.75, 3.05) is 29.6 Å². The lowest BCUT2D eigenvalue weighted by Gasteiger charge is -2.26. The molecule has 0 aliphatic carbocycles. The Labute approximate surface area is 190 Å². The van der Waals surface area contributed by atoms with Gasteiger partial charge in [0, 0.05) is 12.6 Å². The van der Waals surface area contributed by atoms with Crippen molar-refractivity contribution in [3.63, 3.8) is 0 Å². The molecule has 0 bridgehead atoms. The minimum atomic E-state index is -3.15. The number of rotatable bonds is 6. The smallest absolute Gasteiger partial charge is 0.338 e. The van der Waals surface area contributed by atoms with E-state index in [0.29, 0.717) is 29.8 Å². The Kier molecular flexibility index (Phi) is 6.03. The summed E-state index contributed by atoms with van der Waals surface area (Å²) in [4.78, 5) is 52.5. The van der Waals surface area contributed by atoms with Crippen LogP contribution in [0.25, 0.3) is 0 Å². The summed E-state index contributed by atoms with van der Waals surface area (Å²) in [6.07, 6.45) is 0.370. The van der Waals surface area contributed by atoms with E-state index in [1.54, 1.807) is 31.2 Å². The maximum Gasteiger partial charge on any atom is 0.338 e. The largest absolute Gasteiger partial charge is 0.452 e. The van der Waals surface area contributed by atoms with Crippen molar-refractivity contribution in [3.8, 4) is 0 Å². The van der Waals surface area contributed by atoms with Crippen molar-refractivity contribution >= 4 is 39.2 Å². The molecule has 3 amide bonds. The first kappa shape index (κ1) is 22.7. The SMILES string of the molecule is CCN(C(=O)COC(=O)c1ccc(N2C(=O)c3ccccc3C2=O)cc1)[C@H]1CCS(=O)(=O)C1. The summed E-state index contributed by atoms with van der Waals surface area (Å²) in [7, 11) is -3.15. The highest BCUT2D eigenvalue weighted by Gasteiger charge is 2.36. The van der Waals surface area contributed by atoms with Gasteiger partial charge in [-0.05, 0) is 49.7 Å². The number of carbonyl (C=O) groups excluding carboxylic acids is 4. The molecule has 4 rings (SSSR count). The zero-order valence-corrected chi connectivity index (χ0v) is 18.7. The number of likely N-dealkylation sites (N-methyl/N-ethyl adjacent to an activating group) is 1. The Morgan fingerprint density at radius 2 is 1.64 bits per heavy atom. The first-order valence-corrected chi connectivity index (χ1v) is 12.3. The molecule has 10 heteroatoms. The van der Waals surface area contributed by atoms with Crippen molar-refractivity contribution in [2.24, 2.45) is 0 Å². The van der Waals surface area contributed by atoms with E-state index in [9.17, 15) is 27.6 Å². The Bertz CT molecular complexity index is 1200. The fraction of sp³-hybridized carbons (Fsp3) is 0.304. The topological polar surface area (TPSA) is 118 Å². The van der Waals surface area contributed by atoms with Gasteiger partial charge in [-0.15, -0.1) is 0 Å². The fourth-order valence-corrected chi connectivity index (χ4v) is 5.85. The summed E-state index contributed by atoms with van der Waals surface area (Å²) >= 11 is 0. The third kappa shape index (κ3) is 4.38. The van der Waals surface area contributed by atoms with Crippen molar-refractivity contribution in [2.45, 2.75) is 19.4 Å². The highest BCUT2D eigenvalue weighted by Crippen LogP contribution is 2.28. The number of fused-ring (bicyclic) bond motifs is 1. The number of carbonyl (C=O) groups is 4. The number of ether oxygens (including phenoxy) is 1. The average molecular weight is 471 g/mol. The quantitative estimate of drug-likeness (QED) is 0.466. The summed E-state index contributed by atoms with van der Waals surface area (Å²) in [5.41, 5.74) is 1.10. The molecule has 1 saturated heterocycles. The van der Waals surface area contributed by atoms with E-state index >= 15 is 0 Å². The molecule has 0 saturated carbocycles. The molecule has 2 aliphatic heterocycles. The number of esters is 1. The first-order valence-electron chi connectivity index (χ1n) is 10.5. The van der Waals surface area contributed by atoms with Crippen LogP contribution in [-0.4, -0.2) is 67.7 Å². The van der Waals surface area contributed by atoms with Gasteiger partial charge in [0.15, 0.2) is 16.4 Å². The summed E-state index contributed by atoms with van der Waals surface area (Å²) in [5.74, 6) is -2.13. The van der Waals surface area contributed by atoms with Gasteiger partial charge in [-0.3, -0.25) is 14.4 Å². The van der Waals surface area contributed by atoms with E-state index < -0.39 is 46.2 Å². The van der Waals surface area contributed by atoms with Crippen LogP contribution in [0, 0.1) is 0 Å². The maximum absolute atomic E-state index is 12.6. The number of amides is 3. The number of imide groups is 1. The highest BCUT2D eigenvalue weighted by molar-refractivity contribution is 7.91. The zero-order chi connectivity index (χ0) is 23.8. The Hall–Kier alpha value is -3.53. The molecule has 0 unspecified atom stereocenters. The lowest BCUT2D eigenvalue weighted by atomic mass is 10.1. The van der Waals surface area contributed by atoms with Gasteiger partial charge in [0.25, 0.3) is 17.7 Å². The zero-order valence-electron chi connectivity index (χ0n) is 17.9. The predicted molar refractivity (Wildman–Crippen MR) is 119 cm³/mol. The second-order valence-corrected chi connectivity index (χ2v) is 10.1. The molecule has 1 fully saturated rings. The molecule has 172 valence electrons. The van der Waals surface area contributed by atoms with E-state index in [0.717, 1.165) is 4.90 Å². The third-order valence-electron chi connectivity index (χ3n) is 5.79. The van der Waals surface area contributed by atoms with Crippen LogP contribution in [0.4, 0.5) is 5.69 Å². The van der Waals surface area contributed by atoms with Gasteiger partial charge >= 0.3 is 5.97 Å². The van der Waals surface area contributed by atoms with Gasteiger partial charge < -0.3 is 9.64 Å². The molecule has 33 heavy (non-hydrogen) atoms. The molecule has 2 heterocycles. The van der Waals surface area contributed by atoms with Crippen molar-refractivity contribution in [1.29, 1.82) is 0 Å². The molecule has 2 aliphatic rings. The molecular formula is C23H22N2O7S. The van der Waals surface area contributed by atoms with Crippen molar-refractivity contribution in [1.82, 2.24) is 4.90 Å². The Morgan fingerprint density at radius 3 is 2.15 bits per heavy atom. The van der Waals surface area contributed by atoms with Crippen LogP contribution in [0.15, 0.2) is 48.5 Å². The van der Waals surface area contributed by atoms with Gasteiger partial charge in [-0.2, -0.15) is 0 Å². The molecule has 1 atom stereocenters. The van der Waals surface area contributed by atoms with Gasteiger partial charge in [-0.25, -0.2) is 18.1 Å². The van der Waals surface area contributed by atoms with Gasteiger partial charge in [0.05, 0.1) is 33.9 Å². The van der Waals surface area contributed by atoms with E-state index in [2.05, 4.69) is 0 Å². The lowest BCUT2D eigenvalue weighted by molar-refractivity contribution is -0.136. The van der Waals surface area contributed by atoms with E-state index in [4.69, 9.17) is 4.74 Å². The number of nitrogens with zero attached hydrogens (tertiary/aromatic N) is 2. The van der Waals surface area contributed by atoms with Gasteiger partial charge in [0.1, 0.15) is 0 Å². The van der Waals surface area contributed by atoms with E-state index in [-0.39, 0.29) is 17.1 Å². The molecular weight excluding hydrogens is 448 g/mol. The Balaban J connectivity index is 1.39. The molecule has 0 radical (unpaired) electrons. The van der Waals surface area contributed by atoms with Crippen LogP contribution in [0.2, 0.25) is 0 Å². The van der Waals surface area contributed by atoms with Crippen LogP contribution in [0.1, 0.15) is 44.4 Å². The molecule has 0 spiro atoms. The standard InChI is InChI=1S/C23H22N2O7S/c1-2-24(17-11-12-33(30,31)14-17)20(26)13-32-23(29)15-7-9-16(10-8-15)25-21(27)18-5-3-4-6-19(18)22(25)28/h3-10,17H,2,11-14H2,1H3/t17-/m0/s1. The molecule has 0 N–H and O–H groups in total. The molecule has 0 aromatic heterocycles. The number of hydrogen-bond acceptors (Lipinski definition) is 7.